The molecule has 0 fully saturated rings. The number of hydrogen-bond donors (Lipinski definition) is 2. The summed E-state index contributed by atoms with van der Waals surface area (Å²) < 4.78 is 44.5. The van der Waals surface area contributed by atoms with E-state index >= 15 is 0 Å². The van der Waals surface area contributed by atoms with Gasteiger partial charge in [-0.3, -0.25) is 9.78 Å². The first kappa shape index (κ1) is 21.9. The zero-order valence-corrected chi connectivity index (χ0v) is 17.2. The number of ether oxygens (including phenoxy) is 1. The fourth-order valence-electron chi connectivity index (χ4n) is 2.38. The average molecular weight is 444 g/mol. The van der Waals surface area contributed by atoms with Gasteiger partial charge in [0.2, 0.25) is 0 Å². The molecule has 10 nitrogen and oxygen atoms in total. The summed E-state index contributed by atoms with van der Waals surface area (Å²) in [5.41, 5.74) is 3.08. The van der Waals surface area contributed by atoms with Crippen LogP contribution in [-0.4, -0.2) is 49.6 Å². The Balaban J connectivity index is 1.75. The molecule has 0 bridgehead atoms. The van der Waals surface area contributed by atoms with Crippen LogP contribution >= 0.6 is 0 Å². The third-order valence-corrected chi connectivity index (χ3v) is 5.35. The number of nitrogens with zero attached hydrogens (tertiary/aromatic N) is 4. The van der Waals surface area contributed by atoms with E-state index < -0.39 is 21.7 Å². The molecule has 2 heterocycles. The Bertz CT molecular complexity index is 1230. The van der Waals surface area contributed by atoms with Crippen molar-refractivity contribution < 1.29 is 22.3 Å². The summed E-state index contributed by atoms with van der Waals surface area (Å²) >= 11 is 0. The van der Waals surface area contributed by atoms with Crippen LogP contribution < -0.4 is 14.9 Å². The van der Waals surface area contributed by atoms with Gasteiger partial charge in [-0.25, -0.2) is 32.9 Å². The molecule has 2 N–H and O–H groups in total. The number of methoxy groups -OCH3 is 1. The van der Waals surface area contributed by atoms with E-state index in [1.165, 1.54) is 63.1 Å². The first-order valence-corrected chi connectivity index (χ1v) is 10.2. The van der Waals surface area contributed by atoms with Gasteiger partial charge in [-0.1, -0.05) is 0 Å². The Morgan fingerprint density at radius 3 is 2.68 bits per heavy atom. The summed E-state index contributed by atoms with van der Waals surface area (Å²) in [7, 11) is -0.941. The van der Waals surface area contributed by atoms with Gasteiger partial charge in [0.05, 0.1) is 31.4 Å². The molecule has 3 rings (SSSR count). The predicted octanol–water partition coefficient (Wildman–Crippen LogP) is 1.36. The minimum absolute atomic E-state index is 0.0484. The van der Waals surface area contributed by atoms with Crippen LogP contribution in [0.2, 0.25) is 0 Å². The van der Waals surface area contributed by atoms with Crippen molar-refractivity contribution in [1.29, 1.82) is 0 Å². The normalized spacial score (nSPS) is 11.5. The van der Waals surface area contributed by atoms with Gasteiger partial charge in [0.25, 0.3) is 15.9 Å². The Morgan fingerprint density at radius 2 is 2.00 bits per heavy atom. The SMILES string of the molecule is CNS(=O)(=O)c1ccc(-c2cncc(C(=O)N/N=C/c3cc(OC)ccc3F)n2)cn1. The second kappa shape index (κ2) is 9.36. The zero-order valence-electron chi connectivity index (χ0n) is 16.4. The highest BCUT2D eigenvalue weighted by Gasteiger charge is 2.14. The first-order chi connectivity index (χ1) is 14.8. The number of rotatable bonds is 7. The van der Waals surface area contributed by atoms with Gasteiger partial charge in [-0.15, -0.1) is 0 Å². The van der Waals surface area contributed by atoms with Gasteiger partial charge in [-0.2, -0.15) is 5.10 Å². The lowest BCUT2D eigenvalue weighted by atomic mass is 10.2. The maximum absolute atomic E-state index is 13.8. The molecule has 0 aliphatic heterocycles. The molecule has 2 aromatic heterocycles. The lowest BCUT2D eigenvalue weighted by Gasteiger charge is -2.05. The number of benzene rings is 1. The number of carbonyl (C=O) groups is 1. The predicted molar refractivity (Wildman–Crippen MR) is 110 cm³/mol. The Hall–Kier alpha value is -3.77. The number of nitrogens with one attached hydrogen (secondary N) is 2. The Morgan fingerprint density at radius 1 is 1.19 bits per heavy atom. The monoisotopic (exact) mass is 444 g/mol. The maximum Gasteiger partial charge on any atom is 0.291 e. The maximum atomic E-state index is 13.8. The quantitative estimate of drug-likeness (QED) is 0.415. The van der Waals surface area contributed by atoms with E-state index in [1.54, 1.807) is 0 Å². The highest BCUT2D eigenvalue weighted by atomic mass is 32.2. The van der Waals surface area contributed by atoms with Crippen molar-refractivity contribution in [2.75, 3.05) is 14.2 Å². The van der Waals surface area contributed by atoms with Crippen molar-refractivity contribution in [2.45, 2.75) is 5.03 Å². The Kier molecular flexibility index (Phi) is 6.62. The summed E-state index contributed by atoms with van der Waals surface area (Å²) in [5, 5.41) is 3.58. The first-order valence-electron chi connectivity index (χ1n) is 8.73. The van der Waals surface area contributed by atoms with E-state index in [0.29, 0.717) is 17.0 Å². The van der Waals surface area contributed by atoms with Crippen LogP contribution in [0, 0.1) is 5.82 Å². The summed E-state index contributed by atoms with van der Waals surface area (Å²) in [6.07, 6.45) is 5.07. The molecular weight excluding hydrogens is 427 g/mol. The molecule has 0 saturated carbocycles. The highest BCUT2D eigenvalue weighted by molar-refractivity contribution is 7.89. The second-order valence-electron chi connectivity index (χ2n) is 5.97. The number of hydrogen-bond acceptors (Lipinski definition) is 8. The third kappa shape index (κ3) is 5.24. The number of aromatic nitrogens is 3. The van der Waals surface area contributed by atoms with Gasteiger partial charge >= 0.3 is 0 Å². The van der Waals surface area contributed by atoms with E-state index in [2.05, 4.69) is 30.2 Å². The molecule has 0 aliphatic rings. The molecule has 0 unspecified atom stereocenters. The van der Waals surface area contributed by atoms with E-state index in [9.17, 15) is 17.6 Å². The topological polar surface area (TPSA) is 136 Å². The second-order valence-corrected chi connectivity index (χ2v) is 7.80. The molecule has 1 amide bonds. The van der Waals surface area contributed by atoms with Gasteiger partial charge < -0.3 is 4.74 Å². The van der Waals surface area contributed by atoms with Gasteiger partial charge in [0.1, 0.15) is 17.3 Å². The van der Waals surface area contributed by atoms with Crippen molar-refractivity contribution in [1.82, 2.24) is 25.1 Å². The summed E-state index contributed by atoms with van der Waals surface area (Å²) in [6, 6.07) is 6.91. The number of halogens is 1. The zero-order chi connectivity index (χ0) is 22.4. The van der Waals surface area contributed by atoms with Crippen LogP contribution in [0.4, 0.5) is 4.39 Å². The molecule has 160 valence electrons. The number of hydrazone groups is 1. The van der Waals surface area contributed by atoms with Crippen molar-refractivity contribution >= 4 is 22.1 Å². The van der Waals surface area contributed by atoms with Crippen LogP contribution in [-0.2, 0) is 10.0 Å². The largest absolute Gasteiger partial charge is 0.497 e. The van der Waals surface area contributed by atoms with Gasteiger partial charge in [0, 0.05) is 17.3 Å². The van der Waals surface area contributed by atoms with Crippen molar-refractivity contribution in [3.05, 3.63) is 66.0 Å². The molecule has 12 heteroatoms. The highest BCUT2D eigenvalue weighted by Crippen LogP contribution is 2.17. The molecule has 3 aromatic rings. The van der Waals surface area contributed by atoms with Gasteiger partial charge in [-0.05, 0) is 37.4 Å². The van der Waals surface area contributed by atoms with Crippen molar-refractivity contribution in [3.8, 4) is 17.0 Å². The summed E-state index contributed by atoms with van der Waals surface area (Å²) in [5.74, 6) is -0.761. The summed E-state index contributed by atoms with van der Waals surface area (Å²) in [4.78, 5) is 24.3. The molecule has 0 spiro atoms. The molecular formula is C19H17FN6O4S. The molecule has 31 heavy (non-hydrogen) atoms. The lowest BCUT2D eigenvalue weighted by Crippen LogP contribution is -2.20. The molecule has 0 saturated heterocycles. The fraction of sp³-hybridized carbons (Fsp3) is 0.105. The number of sulfonamides is 1. The van der Waals surface area contributed by atoms with Crippen LogP contribution in [0.1, 0.15) is 16.1 Å². The lowest BCUT2D eigenvalue weighted by molar-refractivity contribution is 0.0950. The minimum Gasteiger partial charge on any atom is -0.497 e. The van der Waals surface area contributed by atoms with Gasteiger partial charge in [0.15, 0.2) is 5.03 Å². The van der Waals surface area contributed by atoms with Crippen LogP contribution in [0.3, 0.4) is 0 Å². The van der Waals surface area contributed by atoms with Crippen molar-refractivity contribution in [2.24, 2.45) is 5.10 Å². The van der Waals surface area contributed by atoms with E-state index in [-0.39, 0.29) is 16.3 Å². The van der Waals surface area contributed by atoms with Crippen LogP contribution in [0.5, 0.6) is 5.75 Å². The molecule has 0 atom stereocenters. The van der Waals surface area contributed by atoms with E-state index in [4.69, 9.17) is 4.74 Å². The van der Waals surface area contributed by atoms with E-state index in [0.717, 1.165) is 6.21 Å². The van der Waals surface area contributed by atoms with Crippen LogP contribution in [0.15, 0.2) is 59.0 Å². The third-order valence-electron chi connectivity index (χ3n) is 4.02. The molecule has 0 radical (unpaired) electrons. The minimum atomic E-state index is -3.67. The molecule has 1 aromatic carbocycles. The number of amides is 1. The van der Waals surface area contributed by atoms with Crippen molar-refractivity contribution in [3.63, 3.8) is 0 Å². The summed E-state index contributed by atoms with van der Waals surface area (Å²) in [6.45, 7) is 0. The fourth-order valence-corrected chi connectivity index (χ4v) is 3.02. The Labute approximate surface area is 177 Å². The smallest absolute Gasteiger partial charge is 0.291 e. The number of pyridine rings is 1. The standard InChI is InChI=1S/C19H17FN6O4S/c1-21-31(28,29)18-6-3-12(8-23-18)16-10-22-11-17(25-16)19(27)26-24-9-13-7-14(30-2)4-5-15(13)20/h3-11,21H,1-2H3,(H,26,27)/b24-9+. The van der Waals surface area contributed by atoms with E-state index in [1.807, 2.05) is 0 Å². The van der Waals surface area contributed by atoms with Crippen LogP contribution in [0.25, 0.3) is 11.3 Å². The number of carbonyl (C=O) groups excluding carboxylic acids is 1. The molecule has 0 aliphatic carbocycles. The average Bonchev–Trinajstić information content (AvgIpc) is 2.80.